The fourth-order valence-corrected chi connectivity index (χ4v) is 27.6. The number of fused-ring (bicyclic) bond motifs is 3. The van der Waals surface area contributed by atoms with E-state index in [1.54, 1.807) is 22.3 Å². The third-order valence-electron chi connectivity index (χ3n) is 7.39. The van der Waals surface area contributed by atoms with Crippen LogP contribution in [0.2, 0.25) is 12.1 Å². The number of allylic oxidation sites excluding steroid dienone is 4. The van der Waals surface area contributed by atoms with Gasteiger partial charge in [0.1, 0.15) is 0 Å². The number of hydrogen-bond donors (Lipinski definition) is 0. The number of halogens is 2. The van der Waals surface area contributed by atoms with Gasteiger partial charge in [-0.15, -0.1) is 0 Å². The van der Waals surface area contributed by atoms with Crippen molar-refractivity contribution < 1.29 is 45.2 Å². The van der Waals surface area contributed by atoms with Gasteiger partial charge >= 0.3 is 205 Å². The van der Waals surface area contributed by atoms with Crippen molar-refractivity contribution in [3.8, 4) is 11.1 Å². The van der Waals surface area contributed by atoms with Crippen LogP contribution in [-0.4, -0.2) is 5.43 Å². The van der Waals surface area contributed by atoms with E-state index < -0.39 is 20.4 Å². The average molecular weight is 591 g/mol. The quantitative estimate of drug-likeness (QED) is 0.481. The van der Waals surface area contributed by atoms with Gasteiger partial charge in [0.2, 0.25) is 0 Å². The molecule has 0 saturated heterocycles. The molecular formula is C30H40Cl2SiZr. The zero-order valence-corrected chi connectivity index (χ0v) is 27.1. The Balaban J connectivity index is 0.00000204. The Labute approximate surface area is 228 Å². The second-order valence-electron chi connectivity index (χ2n) is 11.6. The molecule has 4 rings (SSSR count). The third kappa shape index (κ3) is 5.61. The standard InChI is InChI=1S/C21H25.C5H5.C4H10Si.2ClH.Zr/c1-20(2,3)16-9-7-14-11-15-8-10-17(21(4,5)6)13-19(15)18(14)12-16;1-2-4-5-3-1;1-3-5-4-2;;;/h7-13H,1-6H3;1-3H,4H2;3-4H2,1-2H3;2*1H;/q;;;;;+2/p-2. The summed E-state index contributed by atoms with van der Waals surface area (Å²) in [6.07, 6.45) is 8.49. The fraction of sp³-hybridized carbons (Fsp3) is 0.467. The van der Waals surface area contributed by atoms with Gasteiger partial charge < -0.3 is 24.8 Å². The van der Waals surface area contributed by atoms with E-state index in [2.05, 4.69) is 110 Å². The first-order valence-corrected chi connectivity index (χ1v) is 20.7. The smallest absolute Gasteiger partial charge is 1.00 e. The molecule has 34 heavy (non-hydrogen) atoms. The van der Waals surface area contributed by atoms with Gasteiger partial charge in [0.25, 0.3) is 0 Å². The molecule has 0 nitrogen and oxygen atoms in total. The molecule has 2 aromatic carbocycles. The number of benzene rings is 2. The molecule has 0 N–H and O–H groups in total. The second kappa shape index (κ2) is 11.3. The van der Waals surface area contributed by atoms with Gasteiger partial charge in [-0.25, -0.2) is 0 Å². The molecular weight excluding hydrogens is 551 g/mol. The van der Waals surface area contributed by atoms with Crippen LogP contribution in [0.25, 0.3) is 11.1 Å². The number of rotatable bonds is 4. The molecule has 4 heteroatoms. The molecule has 0 unspecified atom stereocenters. The van der Waals surface area contributed by atoms with E-state index >= 15 is 0 Å². The summed E-state index contributed by atoms with van der Waals surface area (Å²) >= 11 is -1.90. The Morgan fingerprint density at radius 3 is 1.62 bits per heavy atom. The summed E-state index contributed by atoms with van der Waals surface area (Å²) in [5, 5.41) is 0. The van der Waals surface area contributed by atoms with Crippen LogP contribution in [0.4, 0.5) is 0 Å². The van der Waals surface area contributed by atoms with Crippen LogP contribution in [0.3, 0.4) is 0 Å². The molecule has 0 heterocycles. The van der Waals surface area contributed by atoms with Crippen molar-refractivity contribution in [1.29, 1.82) is 0 Å². The molecule has 2 aromatic rings. The van der Waals surface area contributed by atoms with Crippen LogP contribution in [-0.2, 0) is 31.2 Å². The largest absolute Gasteiger partial charge is 1.00 e. The van der Waals surface area contributed by atoms with Gasteiger partial charge in [-0.1, -0.05) is 0 Å². The molecule has 0 bridgehead atoms. The minimum absolute atomic E-state index is 0. The fourth-order valence-electron chi connectivity index (χ4n) is 5.39. The minimum atomic E-state index is -1.90. The molecule has 0 amide bonds. The minimum Gasteiger partial charge on any atom is -1.00 e. The molecule has 0 spiro atoms. The van der Waals surface area contributed by atoms with E-state index in [1.807, 2.05) is 3.28 Å². The zero-order valence-electron chi connectivity index (χ0n) is 22.2. The summed E-state index contributed by atoms with van der Waals surface area (Å²) < 4.78 is 2.57. The van der Waals surface area contributed by atoms with E-state index in [0.29, 0.717) is 3.63 Å². The second-order valence-corrected chi connectivity index (χ2v) is 27.6. The van der Waals surface area contributed by atoms with Crippen LogP contribution in [0, 0.1) is 0 Å². The van der Waals surface area contributed by atoms with Crippen molar-refractivity contribution in [2.45, 2.75) is 88.4 Å². The van der Waals surface area contributed by atoms with Crippen molar-refractivity contribution in [1.82, 2.24) is 0 Å². The predicted octanol–water partition coefficient (Wildman–Crippen LogP) is 2.85. The summed E-state index contributed by atoms with van der Waals surface area (Å²) in [4.78, 5) is 0. The molecule has 0 saturated carbocycles. The Kier molecular flexibility index (Phi) is 9.94. The first kappa shape index (κ1) is 29.8. The summed E-state index contributed by atoms with van der Waals surface area (Å²) in [6, 6.07) is 17.9. The Morgan fingerprint density at radius 1 is 0.794 bits per heavy atom. The molecule has 0 aromatic heterocycles. The first-order valence-electron chi connectivity index (χ1n) is 12.4. The van der Waals surface area contributed by atoms with Gasteiger partial charge in [0.15, 0.2) is 0 Å². The maximum absolute atomic E-state index is 2.55. The average Bonchev–Trinajstić information content (AvgIpc) is 3.36. The topological polar surface area (TPSA) is 0 Å². The van der Waals surface area contributed by atoms with Crippen LogP contribution >= 0.6 is 0 Å². The normalized spacial score (nSPS) is 14.4. The maximum Gasteiger partial charge on any atom is -1.00 e. The van der Waals surface area contributed by atoms with E-state index in [4.69, 9.17) is 0 Å². The molecule has 0 atom stereocenters. The summed E-state index contributed by atoms with van der Waals surface area (Å²) in [5.74, 6) is 0. The van der Waals surface area contributed by atoms with Gasteiger partial charge in [-0.2, -0.15) is 0 Å². The summed E-state index contributed by atoms with van der Waals surface area (Å²) in [7, 11) is 0. The Morgan fingerprint density at radius 2 is 1.26 bits per heavy atom. The van der Waals surface area contributed by atoms with Crippen molar-refractivity contribution in [2.24, 2.45) is 0 Å². The monoisotopic (exact) mass is 588 g/mol. The van der Waals surface area contributed by atoms with E-state index in [-0.39, 0.29) is 41.1 Å². The molecule has 2 aliphatic carbocycles. The van der Waals surface area contributed by atoms with Crippen LogP contribution in [0.1, 0.15) is 87.7 Å². The van der Waals surface area contributed by atoms with E-state index in [0.717, 1.165) is 0 Å². The van der Waals surface area contributed by atoms with Crippen molar-refractivity contribution in [2.75, 3.05) is 0 Å². The SMILES string of the molecule is CC[Si](CC)=[Zr+2]([C]1=CC=CC1)[CH]1c2ccc(C(C)(C)C)cc2-c2cc(C(C)(C)C)ccc21.[Cl-].[Cl-]. The van der Waals surface area contributed by atoms with Crippen molar-refractivity contribution >= 4 is 5.43 Å². The van der Waals surface area contributed by atoms with Gasteiger partial charge in [-0.3, -0.25) is 0 Å². The Bertz CT molecular complexity index is 1070. The van der Waals surface area contributed by atoms with Gasteiger partial charge in [-0.05, 0) is 0 Å². The van der Waals surface area contributed by atoms with Crippen LogP contribution in [0.5, 0.6) is 0 Å². The molecule has 0 radical (unpaired) electrons. The zero-order chi connectivity index (χ0) is 23.3. The van der Waals surface area contributed by atoms with Crippen LogP contribution in [0.15, 0.2) is 57.9 Å². The summed E-state index contributed by atoms with van der Waals surface area (Å²) in [5.41, 5.74) is 9.39. The van der Waals surface area contributed by atoms with Gasteiger partial charge in [0, 0.05) is 0 Å². The van der Waals surface area contributed by atoms with Crippen molar-refractivity contribution in [3.63, 3.8) is 0 Å². The third-order valence-corrected chi connectivity index (χ3v) is 29.9. The predicted molar refractivity (Wildman–Crippen MR) is 140 cm³/mol. The van der Waals surface area contributed by atoms with E-state index in [1.165, 1.54) is 29.6 Å². The van der Waals surface area contributed by atoms with Gasteiger partial charge in [0.05, 0.1) is 0 Å². The molecule has 2 aliphatic rings. The maximum atomic E-state index is 2.55. The molecule has 0 fully saturated rings. The summed E-state index contributed by atoms with van der Waals surface area (Å²) in [6.45, 7) is 19.0. The first-order chi connectivity index (χ1) is 15.1. The molecule has 0 aliphatic heterocycles. The molecule has 182 valence electrons. The van der Waals surface area contributed by atoms with E-state index in [9.17, 15) is 0 Å². The van der Waals surface area contributed by atoms with Crippen molar-refractivity contribution in [3.05, 3.63) is 80.2 Å². The number of hydrogen-bond acceptors (Lipinski definition) is 0. The Hall–Kier alpha value is -0.400. The van der Waals surface area contributed by atoms with Crippen LogP contribution < -0.4 is 24.8 Å².